The average molecular weight is 272 g/mol. The molecule has 0 bridgehead atoms. The van der Waals surface area contributed by atoms with Gasteiger partial charge in [0.15, 0.2) is 0 Å². The Bertz CT molecular complexity index is 385. The summed E-state index contributed by atoms with van der Waals surface area (Å²) in [5, 5.41) is 0.0633. The number of halogens is 2. The fourth-order valence-electron chi connectivity index (χ4n) is 2.05. The third-order valence-electron chi connectivity index (χ3n) is 3.05. The molecule has 0 radical (unpaired) electrons. The summed E-state index contributed by atoms with van der Waals surface area (Å²) in [6, 6.07) is 7.13. The first-order valence-electron chi connectivity index (χ1n) is 5.87. The molecule has 1 heterocycles. The number of piperidine rings is 1. The van der Waals surface area contributed by atoms with Crippen molar-refractivity contribution in [3.05, 3.63) is 34.9 Å². The van der Waals surface area contributed by atoms with Crippen LogP contribution in [-0.4, -0.2) is 23.9 Å². The van der Waals surface area contributed by atoms with Crippen LogP contribution in [0, 0.1) is 0 Å². The number of alkyl halides is 1. The van der Waals surface area contributed by atoms with Crippen LogP contribution in [0.2, 0.25) is 5.02 Å². The molecule has 0 aliphatic carbocycles. The minimum absolute atomic E-state index is 0.00805. The smallest absolute Gasteiger partial charge is 0.245 e. The molecule has 1 aromatic rings. The molecule has 1 aromatic carbocycles. The number of amides is 1. The number of benzene rings is 1. The second-order valence-electron chi connectivity index (χ2n) is 4.30. The maximum atomic E-state index is 12.1. The quantitative estimate of drug-likeness (QED) is 0.753. The van der Waals surface area contributed by atoms with Crippen molar-refractivity contribution in [1.82, 2.24) is 4.90 Å². The van der Waals surface area contributed by atoms with Crippen molar-refractivity contribution in [3.8, 4) is 0 Å². The van der Waals surface area contributed by atoms with Crippen molar-refractivity contribution >= 4 is 29.1 Å². The van der Waals surface area contributed by atoms with E-state index in [0.717, 1.165) is 31.5 Å². The molecule has 1 aliphatic heterocycles. The standard InChI is InChI=1S/C13H15Cl2NO/c14-11-6-4-10(5-7-11)12(15)13(17)16-8-2-1-3-9-16/h4-7,12H,1-3,8-9H2. The van der Waals surface area contributed by atoms with Crippen molar-refractivity contribution in [2.45, 2.75) is 24.6 Å². The Morgan fingerprint density at radius 3 is 2.29 bits per heavy atom. The van der Waals surface area contributed by atoms with Crippen molar-refractivity contribution in [1.29, 1.82) is 0 Å². The first kappa shape index (κ1) is 12.7. The van der Waals surface area contributed by atoms with E-state index in [9.17, 15) is 4.79 Å². The molecule has 2 nitrogen and oxygen atoms in total. The fraction of sp³-hybridized carbons (Fsp3) is 0.462. The molecule has 92 valence electrons. The van der Waals surface area contributed by atoms with Gasteiger partial charge in [-0.05, 0) is 37.0 Å². The van der Waals surface area contributed by atoms with Crippen molar-refractivity contribution < 1.29 is 4.79 Å². The van der Waals surface area contributed by atoms with Gasteiger partial charge in [0.25, 0.3) is 0 Å². The summed E-state index contributed by atoms with van der Waals surface area (Å²) in [5.74, 6) is 0.00805. The molecule has 1 fully saturated rings. The van der Waals surface area contributed by atoms with Crippen LogP contribution in [0.5, 0.6) is 0 Å². The molecule has 0 saturated carbocycles. The van der Waals surface area contributed by atoms with E-state index in [1.165, 1.54) is 6.42 Å². The second kappa shape index (κ2) is 5.74. The number of hydrogen-bond acceptors (Lipinski definition) is 1. The van der Waals surface area contributed by atoms with Crippen LogP contribution in [0.15, 0.2) is 24.3 Å². The van der Waals surface area contributed by atoms with Gasteiger partial charge in [-0.3, -0.25) is 4.79 Å². The maximum absolute atomic E-state index is 12.1. The monoisotopic (exact) mass is 271 g/mol. The number of carbonyl (C=O) groups is 1. The molecular weight excluding hydrogens is 257 g/mol. The Balaban J connectivity index is 2.05. The second-order valence-corrected chi connectivity index (χ2v) is 5.17. The number of likely N-dealkylation sites (tertiary alicyclic amines) is 1. The molecule has 0 spiro atoms. The first-order chi connectivity index (χ1) is 8.18. The van der Waals surface area contributed by atoms with E-state index in [4.69, 9.17) is 23.2 Å². The molecule has 17 heavy (non-hydrogen) atoms. The molecule has 1 atom stereocenters. The largest absolute Gasteiger partial charge is 0.341 e. The summed E-state index contributed by atoms with van der Waals surface area (Å²) in [6.45, 7) is 1.66. The number of hydrogen-bond donors (Lipinski definition) is 0. The van der Waals surface area contributed by atoms with E-state index in [1.807, 2.05) is 17.0 Å². The number of carbonyl (C=O) groups excluding carboxylic acids is 1. The Morgan fingerprint density at radius 2 is 1.71 bits per heavy atom. The van der Waals surface area contributed by atoms with E-state index in [0.29, 0.717) is 5.02 Å². The number of rotatable bonds is 2. The molecule has 4 heteroatoms. The summed E-state index contributed by atoms with van der Waals surface area (Å²) in [7, 11) is 0. The Labute approximate surface area is 112 Å². The summed E-state index contributed by atoms with van der Waals surface area (Å²) in [6.07, 6.45) is 3.36. The zero-order chi connectivity index (χ0) is 12.3. The van der Waals surface area contributed by atoms with E-state index in [2.05, 4.69) is 0 Å². The van der Waals surface area contributed by atoms with Crippen LogP contribution < -0.4 is 0 Å². The molecular formula is C13H15Cl2NO. The molecule has 0 aromatic heterocycles. The highest BCUT2D eigenvalue weighted by molar-refractivity contribution is 6.31. The summed E-state index contributed by atoms with van der Waals surface area (Å²) in [5.41, 5.74) is 0.812. The summed E-state index contributed by atoms with van der Waals surface area (Å²) >= 11 is 12.0. The SMILES string of the molecule is O=C(C(Cl)c1ccc(Cl)cc1)N1CCCCC1. The molecule has 2 rings (SSSR count). The zero-order valence-corrected chi connectivity index (χ0v) is 11.0. The molecule has 1 aliphatic rings. The van der Waals surface area contributed by atoms with Gasteiger partial charge in [0, 0.05) is 18.1 Å². The Kier molecular flexibility index (Phi) is 4.30. The predicted molar refractivity (Wildman–Crippen MR) is 70.5 cm³/mol. The van der Waals surface area contributed by atoms with Crippen LogP contribution in [0.1, 0.15) is 30.2 Å². The van der Waals surface area contributed by atoms with E-state index < -0.39 is 5.38 Å². The van der Waals surface area contributed by atoms with Gasteiger partial charge < -0.3 is 4.90 Å². The van der Waals surface area contributed by atoms with E-state index in [1.54, 1.807) is 12.1 Å². The third-order valence-corrected chi connectivity index (χ3v) is 3.74. The highest BCUT2D eigenvalue weighted by Gasteiger charge is 2.24. The average Bonchev–Trinajstić information content (AvgIpc) is 2.39. The molecule has 1 amide bonds. The highest BCUT2D eigenvalue weighted by Crippen LogP contribution is 2.25. The zero-order valence-electron chi connectivity index (χ0n) is 9.53. The van der Waals surface area contributed by atoms with Gasteiger partial charge in [-0.1, -0.05) is 23.7 Å². The van der Waals surface area contributed by atoms with Gasteiger partial charge in [0.2, 0.25) is 5.91 Å². The lowest BCUT2D eigenvalue weighted by atomic mass is 10.1. The van der Waals surface area contributed by atoms with Gasteiger partial charge in [-0.15, -0.1) is 11.6 Å². The summed E-state index contributed by atoms with van der Waals surface area (Å²) in [4.78, 5) is 14.0. The molecule has 1 unspecified atom stereocenters. The van der Waals surface area contributed by atoms with Crippen LogP contribution >= 0.6 is 23.2 Å². The summed E-state index contributed by atoms with van der Waals surface area (Å²) < 4.78 is 0. The van der Waals surface area contributed by atoms with E-state index >= 15 is 0 Å². The van der Waals surface area contributed by atoms with Gasteiger partial charge in [0.05, 0.1) is 0 Å². The minimum Gasteiger partial charge on any atom is -0.341 e. The lowest BCUT2D eigenvalue weighted by Gasteiger charge is -2.28. The van der Waals surface area contributed by atoms with E-state index in [-0.39, 0.29) is 5.91 Å². The van der Waals surface area contributed by atoms with Gasteiger partial charge in [-0.25, -0.2) is 0 Å². The first-order valence-corrected chi connectivity index (χ1v) is 6.68. The van der Waals surface area contributed by atoms with Gasteiger partial charge in [0.1, 0.15) is 5.38 Å². The fourth-order valence-corrected chi connectivity index (χ4v) is 2.46. The predicted octanol–water partition coefficient (Wildman–Crippen LogP) is 3.63. The van der Waals surface area contributed by atoms with Crippen LogP contribution in [0.25, 0.3) is 0 Å². The lowest BCUT2D eigenvalue weighted by molar-refractivity contribution is -0.131. The van der Waals surface area contributed by atoms with Crippen molar-refractivity contribution in [2.75, 3.05) is 13.1 Å². The van der Waals surface area contributed by atoms with Crippen LogP contribution in [0.3, 0.4) is 0 Å². The Morgan fingerprint density at radius 1 is 1.12 bits per heavy atom. The number of nitrogens with zero attached hydrogens (tertiary/aromatic N) is 1. The lowest BCUT2D eigenvalue weighted by Crippen LogP contribution is -2.37. The highest BCUT2D eigenvalue weighted by atomic mass is 35.5. The van der Waals surface area contributed by atoms with Gasteiger partial charge in [-0.2, -0.15) is 0 Å². The molecule has 0 N–H and O–H groups in total. The maximum Gasteiger partial charge on any atom is 0.245 e. The van der Waals surface area contributed by atoms with Gasteiger partial charge >= 0.3 is 0 Å². The van der Waals surface area contributed by atoms with Crippen LogP contribution in [0.4, 0.5) is 0 Å². The third kappa shape index (κ3) is 3.14. The van der Waals surface area contributed by atoms with Crippen molar-refractivity contribution in [3.63, 3.8) is 0 Å². The normalized spacial score (nSPS) is 17.9. The van der Waals surface area contributed by atoms with Crippen molar-refractivity contribution in [2.24, 2.45) is 0 Å². The topological polar surface area (TPSA) is 20.3 Å². The minimum atomic E-state index is -0.592. The molecule has 1 saturated heterocycles. The Hall–Kier alpha value is -0.730. The van der Waals surface area contributed by atoms with Crippen LogP contribution in [-0.2, 0) is 4.79 Å².